The molecule has 0 aromatic heterocycles. The Balaban J connectivity index is 1.35. The highest BCUT2D eigenvalue weighted by Gasteiger charge is 2.34. The van der Waals surface area contributed by atoms with Crippen molar-refractivity contribution in [1.82, 2.24) is 10.2 Å². The van der Waals surface area contributed by atoms with Crippen molar-refractivity contribution in [2.45, 2.75) is 39.3 Å². The summed E-state index contributed by atoms with van der Waals surface area (Å²) in [5.74, 6) is 0.660. The van der Waals surface area contributed by atoms with Gasteiger partial charge in [-0.15, -0.1) is 0 Å². The number of carbonyl (C=O) groups excluding carboxylic acids is 2. The van der Waals surface area contributed by atoms with Crippen molar-refractivity contribution in [3.05, 3.63) is 58.6 Å². The van der Waals surface area contributed by atoms with Gasteiger partial charge in [0.1, 0.15) is 11.9 Å². The van der Waals surface area contributed by atoms with E-state index in [-0.39, 0.29) is 24.0 Å². The second kappa shape index (κ2) is 9.18. The molecule has 2 aliphatic rings. The molecular formula is C24H28ClN3O3. The number of urea groups is 1. The Kier molecular flexibility index (Phi) is 6.37. The Labute approximate surface area is 188 Å². The molecule has 1 saturated heterocycles. The van der Waals surface area contributed by atoms with E-state index in [2.05, 4.69) is 5.32 Å². The molecule has 2 heterocycles. The van der Waals surface area contributed by atoms with Gasteiger partial charge in [-0.3, -0.25) is 9.69 Å². The highest BCUT2D eigenvalue weighted by molar-refractivity contribution is 6.31. The maximum absolute atomic E-state index is 13.3. The fraction of sp³-hybridized carbons (Fsp3) is 0.417. The molecule has 0 bridgehead atoms. The number of piperidine rings is 1. The van der Waals surface area contributed by atoms with Crippen LogP contribution in [-0.2, 0) is 11.3 Å². The van der Waals surface area contributed by atoms with Crippen molar-refractivity contribution in [3.63, 3.8) is 0 Å². The van der Waals surface area contributed by atoms with Gasteiger partial charge < -0.3 is 15.0 Å². The Bertz CT molecular complexity index is 972. The first kappa shape index (κ1) is 21.5. The van der Waals surface area contributed by atoms with Crippen LogP contribution in [0.2, 0.25) is 5.02 Å². The lowest BCUT2D eigenvalue weighted by atomic mass is 9.96. The van der Waals surface area contributed by atoms with Gasteiger partial charge in [-0.25, -0.2) is 4.79 Å². The molecule has 2 aromatic rings. The van der Waals surface area contributed by atoms with Crippen LogP contribution < -0.4 is 15.0 Å². The average molecular weight is 442 g/mol. The van der Waals surface area contributed by atoms with Gasteiger partial charge in [-0.2, -0.15) is 0 Å². The zero-order valence-corrected chi connectivity index (χ0v) is 18.7. The molecule has 1 fully saturated rings. The molecule has 3 amide bonds. The van der Waals surface area contributed by atoms with Crippen molar-refractivity contribution in [2.24, 2.45) is 5.92 Å². The van der Waals surface area contributed by atoms with Crippen molar-refractivity contribution in [3.8, 4) is 5.75 Å². The number of carbonyl (C=O) groups is 2. The summed E-state index contributed by atoms with van der Waals surface area (Å²) in [5, 5.41) is 3.63. The van der Waals surface area contributed by atoms with E-state index in [1.807, 2.05) is 43.0 Å². The number of rotatable bonds is 3. The van der Waals surface area contributed by atoms with Crippen molar-refractivity contribution >= 4 is 29.2 Å². The first-order chi connectivity index (χ1) is 14.9. The van der Waals surface area contributed by atoms with E-state index in [4.69, 9.17) is 16.3 Å². The van der Waals surface area contributed by atoms with Crippen LogP contribution in [0, 0.1) is 12.8 Å². The zero-order valence-electron chi connectivity index (χ0n) is 17.9. The smallest absolute Gasteiger partial charge is 0.324 e. The summed E-state index contributed by atoms with van der Waals surface area (Å²) in [6, 6.07) is 13.3. The Hall–Kier alpha value is -2.73. The Morgan fingerprint density at radius 3 is 2.65 bits per heavy atom. The second-order valence-corrected chi connectivity index (χ2v) is 8.78. The SMILES string of the molecule is Cc1ccccc1CNC(=O)C1CCN(C(=O)N2CC(C)Oc3ccc(Cl)cc32)CC1. The molecule has 1 atom stereocenters. The number of likely N-dealkylation sites (tertiary alicyclic amines) is 1. The number of fused-ring (bicyclic) bond motifs is 1. The van der Waals surface area contributed by atoms with Crippen molar-refractivity contribution in [2.75, 3.05) is 24.5 Å². The minimum Gasteiger partial charge on any atom is -0.487 e. The standard InChI is InChI=1S/C24H28ClN3O3/c1-16-5-3-4-6-19(16)14-26-23(29)18-9-11-27(12-10-18)24(30)28-15-17(2)31-22-8-7-20(25)13-21(22)28/h3-8,13,17-18H,9-12,14-15H2,1-2H3,(H,26,29). The molecule has 1 N–H and O–H groups in total. The van der Waals surface area contributed by atoms with E-state index >= 15 is 0 Å². The van der Waals surface area contributed by atoms with Gasteiger partial charge >= 0.3 is 6.03 Å². The molecule has 7 heteroatoms. The van der Waals surface area contributed by atoms with Crippen LogP contribution >= 0.6 is 11.6 Å². The molecule has 0 radical (unpaired) electrons. The Morgan fingerprint density at radius 2 is 1.90 bits per heavy atom. The van der Waals surface area contributed by atoms with Crippen LogP contribution in [0.25, 0.3) is 0 Å². The van der Waals surface area contributed by atoms with Crippen LogP contribution in [0.4, 0.5) is 10.5 Å². The zero-order chi connectivity index (χ0) is 22.0. The summed E-state index contributed by atoms with van der Waals surface area (Å²) in [4.78, 5) is 29.5. The van der Waals surface area contributed by atoms with Gasteiger partial charge in [0, 0.05) is 30.6 Å². The normalized spacial score (nSPS) is 18.9. The molecule has 2 aromatic carbocycles. The summed E-state index contributed by atoms with van der Waals surface area (Å²) in [6.07, 6.45) is 1.23. The first-order valence-electron chi connectivity index (χ1n) is 10.8. The number of anilines is 1. The largest absolute Gasteiger partial charge is 0.487 e. The van der Waals surface area contributed by atoms with Crippen LogP contribution in [0.1, 0.15) is 30.9 Å². The van der Waals surface area contributed by atoms with E-state index in [0.717, 1.165) is 5.56 Å². The van der Waals surface area contributed by atoms with Crippen LogP contribution in [0.3, 0.4) is 0 Å². The maximum Gasteiger partial charge on any atom is 0.324 e. The van der Waals surface area contributed by atoms with Gasteiger partial charge in [-0.05, 0) is 56.0 Å². The van der Waals surface area contributed by atoms with Crippen molar-refractivity contribution < 1.29 is 14.3 Å². The molecule has 0 spiro atoms. The lowest BCUT2D eigenvalue weighted by molar-refractivity contribution is -0.126. The number of aryl methyl sites for hydroxylation is 1. The molecule has 4 rings (SSSR count). The predicted octanol–water partition coefficient (Wildman–Crippen LogP) is 4.38. The third kappa shape index (κ3) is 4.79. The molecule has 1 unspecified atom stereocenters. The molecule has 164 valence electrons. The quantitative estimate of drug-likeness (QED) is 0.768. The molecular weight excluding hydrogens is 414 g/mol. The number of ether oxygens (including phenoxy) is 1. The molecule has 2 aliphatic heterocycles. The summed E-state index contributed by atoms with van der Waals surface area (Å²) in [6.45, 7) is 6.12. The number of nitrogens with zero attached hydrogens (tertiary/aromatic N) is 2. The number of benzene rings is 2. The minimum atomic E-state index is -0.0950. The fourth-order valence-electron chi connectivity index (χ4n) is 4.23. The number of halogens is 1. The topological polar surface area (TPSA) is 61.9 Å². The van der Waals surface area contributed by atoms with Crippen LogP contribution in [0.15, 0.2) is 42.5 Å². The molecule has 0 saturated carbocycles. The fourth-order valence-corrected chi connectivity index (χ4v) is 4.40. The summed E-state index contributed by atoms with van der Waals surface area (Å²) >= 11 is 6.15. The van der Waals surface area contributed by atoms with Gasteiger partial charge in [0.15, 0.2) is 0 Å². The number of hydrogen-bond donors (Lipinski definition) is 1. The van der Waals surface area contributed by atoms with Gasteiger partial charge in [0.25, 0.3) is 0 Å². The van der Waals surface area contributed by atoms with Crippen molar-refractivity contribution in [1.29, 1.82) is 0 Å². The summed E-state index contributed by atoms with van der Waals surface area (Å²) in [7, 11) is 0. The highest BCUT2D eigenvalue weighted by Crippen LogP contribution is 2.36. The third-order valence-electron chi connectivity index (χ3n) is 6.06. The first-order valence-corrected chi connectivity index (χ1v) is 11.1. The number of hydrogen-bond acceptors (Lipinski definition) is 3. The molecule has 31 heavy (non-hydrogen) atoms. The predicted molar refractivity (Wildman–Crippen MR) is 122 cm³/mol. The lowest BCUT2D eigenvalue weighted by Crippen LogP contribution is -2.52. The third-order valence-corrected chi connectivity index (χ3v) is 6.30. The maximum atomic E-state index is 13.3. The molecule has 6 nitrogen and oxygen atoms in total. The van der Waals surface area contributed by atoms with Gasteiger partial charge in [0.05, 0.1) is 12.2 Å². The monoisotopic (exact) mass is 441 g/mol. The average Bonchev–Trinajstić information content (AvgIpc) is 2.77. The van der Waals surface area contributed by atoms with E-state index in [0.29, 0.717) is 55.5 Å². The van der Waals surface area contributed by atoms with Crippen LogP contribution in [-0.4, -0.2) is 42.6 Å². The molecule has 0 aliphatic carbocycles. The van der Waals surface area contributed by atoms with E-state index in [1.54, 1.807) is 23.1 Å². The summed E-state index contributed by atoms with van der Waals surface area (Å²) in [5.41, 5.74) is 3.00. The lowest BCUT2D eigenvalue weighted by Gasteiger charge is -2.39. The van der Waals surface area contributed by atoms with Gasteiger partial charge in [0.2, 0.25) is 5.91 Å². The van der Waals surface area contributed by atoms with E-state index in [9.17, 15) is 9.59 Å². The Morgan fingerprint density at radius 1 is 1.16 bits per heavy atom. The second-order valence-electron chi connectivity index (χ2n) is 8.34. The van der Waals surface area contributed by atoms with Gasteiger partial charge in [-0.1, -0.05) is 35.9 Å². The number of amides is 3. The minimum absolute atomic E-state index is 0.0579. The highest BCUT2D eigenvalue weighted by atomic mass is 35.5. The van der Waals surface area contributed by atoms with E-state index in [1.165, 1.54) is 5.56 Å². The summed E-state index contributed by atoms with van der Waals surface area (Å²) < 4.78 is 5.85. The number of nitrogens with one attached hydrogen (secondary N) is 1. The van der Waals surface area contributed by atoms with E-state index < -0.39 is 0 Å². The van der Waals surface area contributed by atoms with Crippen LogP contribution in [0.5, 0.6) is 5.75 Å².